The Morgan fingerprint density at radius 3 is 2.77 bits per heavy atom. The summed E-state index contributed by atoms with van der Waals surface area (Å²) in [5.41, 5.74) is 0. The molecule has 2 unspecified atom stereocenters. The second-order valence-electron chi connectivity index (χ2n) is 7.09. The van der Waals surface area contributed by atoms with Gasteiger partial charge in [0.05, 0.1) is 18.9 Å². The van der Waals surface area contributed by atoms with Gasteiger partial charge in [-0.2, -0.15) is 0 Å². The number of hydrogen-bond donors (Lipinski definition) is 2. The Morgan fingerprint density at radius 1 is 1.31 bits per heavy atom. The summed E-state index contributed by atoms with van der Waals surface area (Å²) in [6, 6.07) is 0.412. The van der Waals surface area contributed by atoms with Crippen LogP contribution in [0.15, 0.2) is 23.7 Å². The number of rotatable bonds is 6. The number of piperidine rings is 1. The zero-order valence-electron chi connectivity index (χ0n) is 15.7. The number of guanidine groups is 1. The van der Waals surface area contributed by atoms with Gasteiger partial charge in [-0.1, -0.05) is 6.92 Å². The van der Waals surface area contributed by atoms with Crippen molar-refractivity contribution in [3.8, 4) is 0 Å². The largest absolute Gasteiger partial charge is 0.357 e. The molecule has 1 aromatic heterocycles. The molecule has 0 aromatic carbocycles. The van der Waals surface area contributed by atoms with E-state index in [1.165, 1.54) is 0 Å². The first-order chi connectivity index (χ1) is 12.2. The molecule has 2 N–H and O–H groups in total. The number of amides is 1. The number of likely N-dealkylation sites (tertiary alicyclic amines) is 1. The molecule has 2 atom stereocenters. The van der Waals surface area contributed by atoms with Crippen molar-refractivity contribution in [3.05, 3.63) is 18.7 Å². The third-order valence-electron chi connectivity index (χ3n) is 5.08. The van der Waals surface area contributed by atoms with Crippen molar-refractivity contribution in [3.63, 3.8) is 0 Å². The van der Waals surface area contributed by atoms with E-state index in [4.69, 9.17) is 4.99 Å². The molecule has 2 aliphatic rings. The van der Waals surface area contributed by atoms with Crippen molar-refractivity contribution in [1.29, 1.82) is 0 Å². The summed E-state index contributed by atoms with van der Waals surface area (Å²) < 4.78 is 2.20. The maximum absolute atomic E-state index is 11.7. The molecule has 26 heavy (non-hydrogen) atoms. The molecular weight excluding hydrogens is 443 g/mol. The van der Waals surface area contributed by atoms with Crippen molar-refractivity contribution < 1.29 is 4.79 Å². The van der Waals surface area contributed by atoms with Crippen LogP contribution in [0.5, 0.6) is 0 Å². The Bertz CT molecular complexity index is 587. The van der Waals surface area contributed by atoms with E-state index in [-0.39, 0.29) is 35.8 Å². The first-order valence-corrected chi connectivity index (χ1v) is 9.47. The molecule has 2 fully saturated rings. The number of nitrogens with zero attached hydrogens (tertiary/aromatic N) is 4. The minimum atomic E-state index is 0. The predicted molar refractivity (Wildman–Crippen MR) is 114 cm³/mol. The average molecular weight is 474 g/mol. The molecular formula is C18H31IN6O. The van der Waals surface area contributed by atoms with Crippen LogP contribution in [0.1, 0.15) is 39.2 Å². The molecule has 1 aliphatic heterocycles. The highest BCUT2D eigenvalue weighted by molar-refractivity contribution is 14.0. The molecule has 3 rings (SSSR count). The van der Waals surface area contributed by atoms with Gasteiger partial charge in [0.25, 0.3) is 0 Å². The average Bonchev–Trinajstić information content (AvgIpc) is 3.33. The molecule has 1 aromatic rings. The lowest BCUT2D eigenvalue weighted by Crippen LogP contribution is -2.49. The number of aliphatic imine (C=N–C) groups is 1. The van der Waals surface area contributed by atoms with Gasteiger partial charge in [0.1, 0.15) is 0 Å². The van der Waals surface area contributed by atoms with E-state index < -0.39 is 0 Å². The SMILES string of the molecule is CCNC(=NCCNC(=O)C1CC1)N1CCC(C)C(n2ccnc2)C1.I. The van der Waals surface area contributed by atoms with Crippen LogP contribution in [0.4, 0.5) is 0 Å². The zero-order valence-corrected chi connectivity index (χ0v) is 18.1. The van der Waals surface area contributed by atoms with Crippen molar-refractivity contribution in [2.45, 2.75) is 39.2 Å². The molecule has 1 saturated heterocycles. The number of halogens is 1. The summed E-state index contributed by atoms with van der Waals surface area (Å²) in [5, 5.41) is 6.37. The highest BCUT2D eigenvalue weighted by Crippen LogP contribution is 2.28. The molecule has 0 bridgehead atoms. The monoisotopic (exact) mass is 474 g/mol. The number of hydrogen-bond acceptors (Lipinski definition) is 3. The number of aromatic nitrogens is 2. The molecule has 7 nitrogen and oxygen atoms in total. The molecule has 2 heterocycles. The highest BCUT2D eigenvalue weighted by atomic mass is 127. The van der Waals surface area contributed by atoms with Crippen LogP contribution in [0, 0.1) is 11.8 Å². The Kier molecular flexibility index (Phi) is 8.17. The Balaban J connectivity index is 0.00000243. The van der Waals surface area contributed by atoms with Crippen molar-refractivity contribution in [2.75, 3.05) is 32.7 Å². The predicted octanol–water partition coefficient (Wildman–Crippen LogP) is 1.88. The summed E-state index contributed by atoms with van der Waals surface area (Å²) in [7, 11) is 0. The summed E-state index contributed by atoms with van der Waals surface area (Å²) in [6.07, 6.45) is 9.00. The maximum Gasteiger partial charge on any atom is 0.223 e. The number of carbonyl (C=O) groups is 1. The van der Waals surface area contributed by atoms with Crippen molar-refractivity contribution in [1.82, 2.24) is 25.1 Å². The maximum atomic E-state index is 11.7. The number of carbonyl (C=O) groups excluding carboxylic acids is 1. The van der Waals surface area contributed by atoms with Crippen LogP contribution in [-0.2, 0) is 4.79 Å². The number of nitrogens with one attached hydrogen (secondary N) is 2. The zero-order chi connectivity index (χ0) is 17.6. The van der Waals surface area contributed by atoms with Crippen molar-refractivity contribution in [2.24, 2.45) is 16.8 Å². The fourth-order valence-electron chi connectivity index (χ4n) is 3.35. The lowest BCUT2D eigenvalue weighted by atomic mass is 9.93. The summed E-state index contributed by atoms with van der Waals surface area (Å²) >= 11 is 0. The van der Waals surface area contributed by atoms with E-state index in [9.17, 15) is 4.79 Å². The summed E-state index contributed by atoms with van der Waals surface area (Å²) in [6.45, 7) is 8.39. The summed E-state index contributed by atoms with van der Waals surface area (Å²) in [4.78, 5) is 22.9. The van der Waals surface area contributed by atoms with Gasteiger partial charge in [-0.05, 0) is 32.1 Å². The van der Waals surface area contributed by atoms with Gasteiger partial charge in [0.2, 0.25) is 5.91 Å². The van der Waals surface area contributed by atoms with Crippen LogP contribution >= 0.6 is 24.0 Å². The molecule has 0 spiro atoms. The third kappa shape index (κ3) is 5.59. The van der Waals surface area contributed by atoms with Gasteiger partial charge in [-0.15, -0.1) is 24.0 Å². The van der Waals surface area contributed by atoms with Gasteiger partial charge in [-0.3, -0.25) is 9.79 Å². The van der Waals surface area contributed by atoms with E-state index in [1.54, 1.807) is 0 Å². The lowest BCUT2D eigenvalue weighted by Gasteiger charge is -2.39. The normalized spacial score (nSPS) is 23.3. The second kappa shape index (κ2) is 10.1. The highest BCUT2D eigenvalue weighted by Gasteiger charge is 2.30. The van der Waals surface area contributed by atoms with E-state index in [2.05, 4.69) is 38.9 Å². The second-order valence-corrected chi connectivity index (χ2v) is 7.09. The fraction of sp³-hybridized carbons (Fsp3) is 0.722. The fourth-order valence-corrected chi connectivity index (χ4v) is 3.35. The van der Waals surface area contributed by atoms with Gasteiger partial charge >= 0.3 is 0 Å². The summed E-state index contributed by atoms with van der Waals surface area (Å²) in [5.74, 6) is 2.01. The minimum Gasteiger partial charge on any atom is -0.357 e. The van der Waals surface area contributed by atoms with E-state index >= 15 is 0 Å². The van der Waals surface area contributed by atoms with Crippen LogP contribution in [0.2, 0.25) is 0 Å². The molecule has 1 aliphatic carbocycles. The molecule has 0 radical (unpaired) electrons. The molecule has 1 saturated carbocycles. The quantitative estimate of drug-likeness (QED) is 0.286. The Morgan fingerprint density at radius 2 is 2.12 bits per heavy atom. The topological polar surface area (TPSA) is 74.6 Å². The standard InChI is InChI=1S/C18H30N6O.HI/c1-3-20-18(22-8-7-21-17(25)15-4-5-15)23-10-6-14(2)16(12-23)24-11-9-19-13-24;/h9,11,13-16H,3-8,10,12H2,1-2H3,(H,20,22)(H,21,25);1H. The molecule has 1 amide bonds. The first kappa shape index (κ1) is 21.0. The van der Waals surface area contributed by atoms with Crippen LogP contribution in [0.3, 0.4) is 0 Å². The lowest BCUT2D eigenvalue weighted by molar-refractivity contribution is -0.122. The minimum absolute atomic E-state index is 0. The smallest absolute Gasteiger partial charge is 0.223 e. The van der Waals surface area contributed by atoms with Crippen molar-refractivity contribution >= 4 is 35.8 Å². The molecule has 8 heteroatoms. The first-order valence-electron chi connectivity index (χ1n) is 9.47. The van der Waals surface area contributed by atoms with Gasteiger partial charge in [-0.25, -0.2) is 4.98 Å². The molecule has 146 valence electrons. The van der Waals surface area contributed by atoms with Gasteiger partial charge < -0.3 is 20.1 Å². The van der Waals surface area contributed by atoms with E-state index in [1.807, 2.05) is 18.7 Å². The van der Waals surface area contributed by atoms with E-state index in [0.717, 1.165) is 44.9 Å². The van der Waals surface area contributed by atoms with Gasteiger partial charge in [0.15, 0.2) is 5.96 Å². The van der Waals surface area contributed by atoms with Crippen LogP contribution in [0.25, 0.3) is 0 Å². The van der Waals surface area contributed by atoms with Crippen LogP contribution < -0.4 is 10.6 Å². The van der Waals surface area contributed by atoms with Crippen LogP contribution in [-0.4, -0.2) is 59.0 Å². The third-order valence-corrected chi connectivity index (χ3v) is 5.08. The van der Waals surface area contributed by atoms with Gasteiger partial charge in [0, 0.05) is 44.5 Å². The number of imidazole rings is 1. The Labute approximate surface area is 173 Å². The Hall–Kier alpha value is -1.32. The van der Waals surface area contributed by atoms with E-state index in [0.29, 0.717) is 25.0 Å².